The number of allylic oxidation sites excluding steroid dienone is 1. The van der Waals surface area contributed by atoms with E-state index in [1.807, 2.05) is 18.2 Å². The molecule has 3 rings (SSSR count). The molecule has 0 radical (unpaired) electrons. The molecule has 2 aromatic rings. The molecule has 1 aliphatic heterocycles. The molecule has 1 aliphatic rings. The first-order valence-corrected chi connectivity index (χ1v) is 11.3. The van der Waals surface area contributed by atoms with Crippen molar-refractivity contribution in [2.24, 2.45) is 0 Å². The van der Waals surface area contributed by atoms with Crippen molar-refractivity contribution in [1.82, 2.24) is 5.32 Å². The third kappa shape index (κ3) is 5.61. The van der Waals surface area contributed by atoms with E-state index in [2.05, 4.69) is 5.32 Å². The van der Waals surface area contributed by atoms with Crippen molar-refractivity contribution in [3.05, 3.63) is 86.2 Å². The van der Waals surface area contributed by atoms with E-state index in [-0.39, 0.29) is 44.6 Å². The highest BCUT2D eigenvalue weighted by Crippen LogP contribution is 2.45. The van der Waals surface area contributed by atoms with Crippen molar-refractivity contribution in [2.45, 2.75) is 25.2 Å². The average molecular weight is 520 g/mol. The number of nitrogens with one attached hydrogen (secondary N) is 1. The van der Waals surface area contributed by atoms with Crippen LogP contribution in [-0.2, 0) is 25.5 Å². The Kier molecular flexibility index (Phi) is 8.43. The molecule has 1 heterocycles. The van der Waals surface area contributed by atoms with Gasteiger partial charge in [-0.2, -0.15) is 0 Å². The van der Waals surface area contributed by atoms with Gasteiger partial charge in [0, 0.05) is 27.0 Å². The number of esters is 1. The number of carbonyl (C=O) groups is 3. The lowest BCUT2D eigenvalue weighted by molar-refractivity contribution is -0.139. The molecule has 0 aromatic heterocycles. The molecule has 0 fully saturated rings. The smallest absolute Gasteiger partial charge is 0.334 e. The Balaban J connectivity index is 2.22. The lowest BCUT2D eigenvalue weighted by Gasteiger charge is -2.32. The molecule has 0 aliphatic carbocycles. The van der Waals surface area contributed by atoms with Gasteiger partial charge in [0.15, 0.2) is 0 Å². The zero-order valence-electron chi connectivity index (χ0n) is 18.9. The van der Waals surface area contributed by atoms with E-state index < -0.39 is 30.2 Å². The van der Waals surface area contributed by atoms with Crippen molar-refractivity contribution in [2.75, 3.05) is 14.2 Å². The van der Waals surface area contributed by atoms with Gasteiger partial charge in [-0.15, -0.1) is 0 Å². The minimum Gasteiger partial charge on any atom is -0.496 e. The number of ether oxygens (including phenoxy) is 2. The van der Waals surface area contributed by atoms with Crippen LogP contribution in [0.4, 0.5) is 0 Å². The molecule has 184 valence electrons. The predicted octanol–water partition coefficient (Wildman–Crippen LogP) is 4.56. The van der Waals surface area contributed by atoms with Gasteiger partial charge in [-0.1, -0.05) is 47.5 Å². The lowest BCUT2D eigenvalue weighted by Crippen LogP contribution is -2.34. The number of benzene rings is 2. The fraction of sp³-hybridized carbons (Fsp3) is 0.240. The van der Waals surface area contributed by atoms with Crippen LogP contribution >= 0.6 is 23.2 Å². The Hall–Kier alpha value is -3.49. The van der Waals surface area contributed by atoms with Crippen LogP contribution in [0.25, 0.3) is 0 Å². The van der Waals surface area contributed by atoms with Crippen LogP contribution in [0.5, 0.6) is 5.75 Å². The first-order chi connectivity index (χ1) is 16.7. The zero-order chi connectivity index (χ0) is 25.7. The molecule has 1 atom stereocenters. The molecular weight excluding hydrogens is 497 g/mol. The van der Waals surface area contributed by atoms with Crippen molar-refractivity contribution >= 4 is 41.1 Å². The molecule has 2 aromatic carbocycles. The fourth-order valence-electron chi connectivity index (χ4n) is 4.11. The molecule has 0 saturated heterocycles. The summed E-state index contributed by atoms with van der Waals surface area (Å²) in [5.41, 5.74) is 0.622. The molecule has 3 N–H and O–H groups in total. The number of dihydropyridines is 1. The predicted molar refractivity (Wildman–Crippen MR) is 130 cm³/mol. The van der Waals surface area contributed by atoms with Crippen molar-refractivity contribution < 1.29 is 34.1 Å². The number of methoxy groups -OCH3 is 2. The SMILES string of the molecule is COC(=O)CC1=C(C(=O)O)C(c2c(Cl)cccc2Cl)C(C(=O)O)=C(CCc2ccccc2OC)N1. The maximum Gasteiger partial charge on any atom is 0.334 e. The Bertz CT molecular complexity index is 1220. The minimum atomic E-state index is -1.42. The van der Waals surface area contributed by atoms with Crippen LogP contribution in [0.15, 0.2) is 65.0 Å². The Labute approximate surface area is 211 Å². The van der Waals surface area contributed by atoms with Gasteiger partial charge in [-0.3, -0.25) is 4.79 Å². The monoisotopic (exact) mass is 519 g/mol. The Morgan fingerprint density at radius 3 is 2.06 bits per heavy atom. The summed E-state index contributed by atoms with van der Waals surface area (Å²) in [5.74, 6) is -4.16. The molecule has 0 amide bonds. The van der Waals surface area contributed by atoms with Crippen LogP contribution in [0.1, 0.15) is 29.9 Å². The molecule has 8 nitrogen and oxygen atoms in total. The summed E-state index contributed by atoms with van der Waals surface area (Å²) in [6, 6.07) is 11.8. The van der Waals surface area contributed by atoms with E-state index in [9.17, 15) is 24.6 Å². The summed E-state index contributed by atoms with van der Waals surface area (Å²) < 4.78 is 10.1. The number of para-hydroxylation sites is 1. The highest BCUT2D eigenvalue weighted by atomic mass is 35.5. The topological polar surface area (TPSA) is 122 Å². The number of carboxylic acid groups (broad SMARTS) is 2. The van der Waals surface area contributed by atoms with Gasteiger partial charge in [0.1, 0.15) is 5.75 Å². The molecule has 0 saturated carbocycles. The number of halogens is 2. The third-order valence-corrected chi connectivity index (χ3v) is 6.32. The summed E-state index contributed by atoms with van der Waals surface area (Å²) in [4.78, 5) is 37.1. The Morgan fingerprint density at radius 2 is 1.49 bits per heavy atom. The summed E-state index contributed by atoms with van der Waals surface area (Å²) >= 11 is 12.8. The van der Waals surface area contributed by atoms with Gasteiger partial charge in [-0.05, 0) is 36.6 Å². The van der Waals surface area contributed by atoms with Gasteiger partial charge >= 0.3 is 17.9 Å². The van der Waals surface area contributed by atoms with Gasteiger partial charge in [0.2, 0.25) is 0 Å². The standard InChI is InChI=1S/C25H23Cl2NO7/c1-34-18-9-4-3-6-13(18)10-11-16-21(24(30)31)23(20-14(26)7-5-8-15(20)27)22(25(32)33)17(28-16)12-19(29)35-2/h3-9,23,28H,10-12H2,1-2H3,(H,30,31)(H,32,33). The zero-order valence-corrected chi connectivity index (χ0v) is 20.4. The van der Waals surface area contributed by atoms with E-state index in [1.165, 1.54) is 26.4 Å². The second-order valence-electron chi connectivity index (χ2n) is 7.65. The number of carbonyl (C=O) groups excluding carboxylic acids is 1. The lowest BCUT2D eigenvalue weighted by atomic mass is 9.78. The molecule has 1 unspecified atom stereocenters. The number of rotatable bonds is 9. The van der Waals surface area contributed by atoms with Crippen LogP contribution < -0.4 is 10.1 Å². The first-order valence-electron chi connectivity index (χ1n) is 10.5. The molecule has 10 heteroatoms. The second kappa shape index (κ2) is 11.3. The van der Waals surface area contributed by atoms with Crippen LogP contribution in [-0.4, -0.2) is 42.3 Å². The van der Waals surface area contributed by atoms with Crippen LogP contribution in [0, 0.1) is 0 Å². The summed E-state index contributed by atoms with van der Waals surface area (Å²) in [5, 5.41) is 23.4. The largest absolute Gasteiger partial charge is 0.496 e. The van der Waals surface area contributed by atoms with Crippen molar-refractivity contribution in [3.8, 4) is 5.75 Å². The summed E-state index contributed by atoms with van der Waals surface area (Å²) in [7, 11) is 2.71. The average Bonchev–Trinajstić information content (AvgIpc) is 2.82. The van der Waals surface area contributed by atoms with E-state index in [1.54, 1.807) is 12.1 Å². The summed E-state index contributed by atoms with van der Waals surface area (Å²) in [6.45, 7) is 0. The molecular formula is C25H23Cl2NO7. The quantitative estimate of drug-likeness (QED) is 0.412. The van der Waals surface area contributed by atoms with E-state index in [0.29, 0.717) is 12.2 Å². The van der Waals surface area contributed by atoms with Crippen LogP contribution in [0.2, 0.25) is 10.0 Å². The van der Waals surface area contributed by atoms with Gasteiger partial charge in [0.25, 0.3) is 0 Å². The number of carboxylic acids is 2. The fourth-order valence-corrected chi connectivity index (χ4v) is 4.73. The highest BCUT2D eigenvalue weighted by Gasteiger charge is 2.40. The van der Waals surface area contributed by atoms with Crippen LogP contribution in [0.3, 0.4) is 0 Å². The van der Waals surface area contributed by atoms with Crippen molar-refractivity contribution in [3.63, 3.8) is 0 Å². The van der Waals surface area contributed by atoms with E-state index in [4.69, 9.17) is 32.7 Å². The maximum atomic E-state index is 12.5. The first kappa shape index (κ1) is 26.1. The highest BCUT2D eigenvalue weighted by molar-refractivity contribution is 6.36. The minimum absolute atomic E-state index is 0.00497. The molecule has 35 heavy (non-hydrogen) atoms. The van der Waals surface area contributed by atoms with Gasteiger partial charge in [0.05, 0.1) is 37.7 Å². The third-order valence-electron chi connectivity index (χ3n) is 5.66. The van der Waals surface area contributed by atoms with E-state index in [0.717, 1.165) is 5.56 Å². The number of hydrogen-bond acceptors (Lipinski definition) is 6. The summed E-state index contributed by atoms with van der Waals surface area (Å²) in [6.07, 6.45) is 0.139. The number of aliphatic carboxylic acids is 2. The van der Waals surface area contributed by atoms with Gasteiger partial charge in [-0.25, -0.2) is 9.59 Å². The number of aryl methyl sites for hydroxylation is 1. The normalized spacial score (nSPS) is 15.5. The van der Waals surface area contributed by atoms with Gasteiger partial charge < -0.3 is 25.0 Å². The number of hydrogen-bond donors (Lipinski definition) is 3. The van der Waals surface area contributed by atoms with E-state index >= 15 is 0 Å². The maximum absolute atomic E-state index is 12.5. The van der Waals surface area contributed by atoms with Crippen molar-refractivity contribution in [1.29, 1.82) is 0 Å². The molecule has 0 bridgehead atoms. The molecule has 0 spiro atoms. The second-order valence-corrected chi connectivity index (χ2v) is 8.47. The Morgan fingerprint density at radius 1 is 0.886 bits per heavy atom.